The number of carbonyl (C=O) groups is 1. The Bertz CT molecular complexity index is 490. The number of carbonyl (C=O) groups excluding carboxylic acids is 1. The zero-order chi connectivity index (χ0) is 10.1. The van der Waals surface area contributed by atoms with Gasteiger partial charge in [0.25, 0.3) is 0 Å². The van der Waals surface area contributed by atoms with Crippen molar-refractivity contribution in [3.63, 3.8) is 0 Å². The number of thiophene rings is 1. The van der Waals surface area contributed by atoms with Gasteiger partial charge in [0, 0.05) is 4.70 Å². The van der Waals surface area contributed by atoms with Gasteiger partial charge in [0.05, 0.1) is 17.0 Å². The average Bonchev–Trinajstić information content (AvgIpc) is 2.55. The zero-order valence-corrected chi connectivity index (χ0v) is 8.98. The number of fused-ring (bicyclic) bond motifs is 1. The summed E-state index contributed by atoms with van der Waals surface area (Å²) in [6, 6.07) is 7.23. The molecule has 72 valence electrons. The highest BCUT2D eigenvalue weighted by Crippen LogP contribution is 2.29. The van der Waals surface area contributed by atoms with Gasteiger partial charge < -0.3 is 4.74 Å². The molecule has 0 saturated heterocycles. The van der Waals surface area contributed by atoms with E-state index in [0.717, 1.165) is 14.4 Å². The van der Waals surface area contributed by atoms with Crippen molar-refractivity contribution in [3.8, 4) is 0 Å². The molecule has 1 aromatic carbocycles. The largest absolute Gasteiger partial charge is 0.465 e. The highest BCUT2D eigenvalue weighted by molar-refractivity contribution is 7.22. The van der Waals surface area contributed by atoms with Crippen LogP contribution in [0.2, 0.25) is 4.34 Å². The van der Waals surface area contributed by atoms with Gasteiger partial charge in [-0.1, -0.05) is 11.6 Å². The molecule has 0 unspecified atom stereocenters. The maximum absolute atomic E-state index is 11.2. The quantitative estimate of drug-likeness (QED) is 0.698. The molecule has 14 heavy (non-hydrogen) atoms. The van der Waals surface area contributed by atoms with Crippen molar-refractivity contribution in [2.45, 2.75) is 0 Å². The number of methoxy groups -OCH3 is 1. The molecule has 0 aliphatic heterocycles. The number of benzene rings is 1. The Morgan fingerprint density at radius 2 is 2.21 bits per heavy atom. The summed E-state index contributed by atoms with van der Waals surface area (Å²) in [5.74, 6) is -0.325. The van der Waals surface area contributed by atoms with Gasteiger partial charge >= 0.3 is 5.97 Å². The van der Waals surface area contributed by atoms with Crippen molar-refractivity contribution in [3.05, 3.63) is 34.2 Å². The Labute approximate surface area is 90.1 Å². The molecule has 4 heteroatoms. The van der Waals surface area contributed by atoms with E-state index in [1.165, 1.54) is 18.4 Å². The standard InChI is InChI=1S/C10H7ClO2S/c1-13-10(12)6-2-3-8-7(4-6)5-9(11)14-8/h2-5H,1H3. The van der Waals surface area contributed by atoms with Gasteiger partial charge in [-0.2, -0.15) is 0 Å². The molecule has 0 bridgehead atoms. The second kappa shape index (κ2) is 3.59. The fourth-order valence-corrected chi connectivity index (χ4v) is 2.39. The van der Waals surface area contributed by atoms with Crippen molar-refractivity contribution >= 4 is 39.0 Å². The lowest BCUT2D eigenvalue weighted by molar-refractivity contribution is 0.0601. The number of hydrogen-bond donors (Lipinski definition) is 0. The molecule has 0 aliphatic carbocycles. The SMILES string of the molecule is COC(=O)c1ccc2sc(Cl)cc2c1. The summed E-state index contributed by atoms with van der Waals surface area (Å²) < 4.78 is 6.42. The van der Waals surface area contributed by atoms with E-state index in [9.17, 15) is 4.79 Å². The van der Waals surface area contributed by atoms with Gasteiger partial charge in [0.15, 0.2) is 0 Å². The molecule has 2 nitrogen and oxygen atoms in total. The minimum Gasteiger partial charge on any atom is -0.465 e. The highest BCUT2D eigenvalue weighted by atomic mass is 35.5. The van der Waals surface area contributed by atoms with E-state index >= 15 is 0 Å². The van der Waals surface area contributed by atoms with Crippen molar-refractivity contribution in [2.75, 3.05) is 7.11 Å². The third-order valence-electron chi connectivity index (χ3n) is 1.91. The van der Waals surface area contributed by atoms with Crippen molar-refractivity contribution < 1.29 is 9.53 Å². The van der Waals surface area contributed by atoms with Crippen LogP contribution in [0.4, 0.5) is 0 Å². The first-order valence-corrected chi connectivity index (χ1v) is 5.17. The van der Waals surface area contributed by atoms with E-state index in [1.54, 1.807) is 12.1 Å². The number of rotatable bonds is 1. The van der Waals surface area contributed by atoms with Crippen LogP contribution in [-0.2, 0) is 4.74 Å². The molecule has 0 radical (unpaired) electrons. The summed E-state index contributed by atoms with van der Waals surface area (Å²) >= 11 is 7.34. The Kier molecular flexibility index (Phi) is 2.44. The first kappa shape index (κ1) is 9.49. The van der Waals surface area contributed by atoms with Crippen LogP contribution in [0.3, 0.4) is 0 Å². The van der Waals surface area contributed by atoms with Crippen LogP contribution >= 0.6 is 22.9 Å². The maximum Gasteiger partial charge on any atom is 0.337 e. The van der Waals surface area contributed by atoms with Gasteiger partial charge in [-0.15, -0.1) is 11.3 Å². The second-order valence-electron chi connectivity index (χ2n) is 2.79. The fourth-order valence-electron chi connectivity index (χ4n) is 1.26. The fraction of sp³-hybridized carbons (Fsp3) is 0.100. The van der Waals surface area contributed by atoms with Crippen molar-refractivity contribution in [1.29, 1.82) is 0 Å². The van der Waals surface area contributed by atoms with Gasteiger partial charge in [-0.25, -0.2) is 4.79 Å². The smallest absolute Gasteiger partial charge is 0.337 e. The summed E-state index contributed by atoms with van der Waals surface area (Å²) in [5, 5.41) is 0.975. The van der Waals surface area contributed by atoms with E-state index in [4.69, 9.17) is 11.6 Å². The lowest BCUT2D eigenvalue weighted by atomic mass is 10.2. The Morgan fingerprint density at radius 3 is 2.93 bits per heavy atom. The van der Waals surface area contributed by atoms with E-state index in [0.29, 0.717) is 5.56 Å². The molecule has 0 fully saturated rings. The van der Waals surface area contributed by atoms with Gasteiger partial charge in [-0.05, 0) is 29.7 Å². The molecule has 1 aromatic heterocycles. The lowest BCUT2D eigenvalue weighted by Crippen LogP contribution is -1.99. The Balaban J connectivity index is 2.55. The molecule has 0 atom stereocenters. The van der Waals surface area contributed by atoms with Crippen LogP contribution < -0.4 is 0 Å². The molecule has 2 aromatic rings. The monoisotopic (exact) mass is 226 g/mol. The van der Waals surface area contributed by atoms with Crippen LogP contribution in [0.1, 0.15) is 10.4 Å². The second-order valence-corrected chi connectivity index (χ2v) is 4.51. The Morgan fingerprint density at radius 1 is 1.43 bits per heavy atom. The van der Waals surface area contributed by atoms with Crippen LogP contribution in [0.5, 0.6) is 0 Å². The molecule has 0 amide bonds. The summed E-state index contributed by atoms with van der Waals surface area (Å²) in [5.41, 5.74) is 0.550. The van der Waals surface area contributed by atoms with E-state index in [1.807, 2.05) is 12.1 Å². The average molecular weight is 227 g/mol. The van der Waals surface area contributed by atoms with Crippen LogP contribution in [-0.4, -0.2) is 13.1 Å². The number of ether oxygens (including phenoxy) is 1. The summed E-state index contributed by atoms with van der Waals surface area (Å²) in [6.45, 7) is 0. The van der Waals surface area contributed by atoms with E-state index < -0.39 is 0 Å². The maximum atomic E-state index is 11.2. The molecular formula is C10H7ClO2S. The van der Waals surface area contributed by atoms with Crippen LogP contribution in [0.15, 0.2) is 24.3 Å². The topological polar surface area (TPSA) is 26.3 Å². The Hall–Kier alpha value is -1.06. The summed E-state index contributed by atoms with van der Waals surface area (Å²) in [6.07, 6.45) is 0. The van der Waals surface area contributed by atoms with Gasteiger partial charge in [0.2, 0.25) is 0 Å². The number of esters is 1. The first-order valence-electron chi connectivity index (χ1n) is 3.98. The van der Waals surface area contributed by atoms with Crippen LogP contribution in [0, 0.1) is 0 Å². The number of hydrogen-bond acceptors (Lipinski definition) is 3. The molecule has 0 spiro atoms. The molecule has 2 rings (SSSR count). The third kappa shape index (κ3) is 1.61. The molecular weight excluding hydrogens is 220 g/mol. The van der Waals surface area contributed by atoms with E-state index in [-0.39, 0.29) is 5.97 Å². The summed E-state index contributed by atoms with van der Waals surface area (Å²) in [7, 11) is 1.37. The molecule has 0 aliphatic rings. The van der Waals surface area contributed by atoms with Crippen molar-refractivity contribution in [1.82, 2.24) is 0 Å². The van der Waals surface area contributed by atoms with Crippen LogP contribution in [0.25, 0.3) is 10.1 Å². The molecule has 0 N–H and O–H groups in total. The summed E-state index contributed by atoms with van der Waals surface area (Å²) in [4.78, 5) is 11.2. The minimum atomic E-state index is -0.325. The van der Waals surface area contributed by atoms with Crippen molar-refractivity contribution in [2.24, 2.45) is 0 Å². The van der Waals surface area contributed by atoms with Gasteiger partial charge in [0.1, 0.15) is 0 Å². The highest BCUT2D eigenvalue weighted by Gasteiger charge is 2.07. The minimum absolute atomic E-state index is 0.325. The molecule has 0 saturated carbocycles. The molecule has 1 heterocycles. The number of halogens is 1. The van der Waals surface area contributed by atoms with Gasteiger partial charge in [-0.3, -0.25) is 0 Å². The first-order chi connectivity index (χ1) is 6.70. The van der Waals surface area contributed by atoms with E-state index in [2.05, 4.69) is 4.74 Å². The normalized spacial score (nSPS) is 10.4. The third-order valence-corrected chi connectivity index (χ3v) is 3.15. The predicted octanol–water partition coefficient (Wildman–Crippen LogP) is 3.34. The zero-order valence-electron chi connectivity index (χ0n) is 7.41. The predicted molar refractivity (Wildman–Crippen MR) is 58.2 cm³/mol. The lowest BCUT2D eigenvalue weighted by Gasteiger charge is -1.97.